The summed E-state index contributed by atoms with van der Waals surface area (Å²) in [5, 5.41) is 5.86. The van der Waals surface area contributed by atoms with E-state index in [4.69, 9.17) is 4.74 Å². The zero-order chi connectivity index (χ0) is 13.4. The van der Waals surface area contributed by atoms with Crippen LogP contribution in [0.15, 0.2) is 36.9 Å². The predicted molar refractivity (Wildman–Crippen MR) is 73.9 cm³/mol. The maximum atomic E-state index is 11.4. The van der Waals surface area contributed by atoms with Crippen LogP contribution in [0.4, 0.5) is 5.69 Å². The van der Waals surface area contributed by atoms with Crippen molar-refractivity contribution in [2.24, 2.45) is 0 Å². The van der Waals surface area contributed by atoms with Crippen molar-refractivity contribution in [2.45, 2.75) is 19.9 Å². The molecule has 1 rings (SSSR count). The highest BCUT2D eigenvalue weighted by molar-refractivity contribution is 5.80. The fourth-order valence-electron chi connectivity index (χ4n) is 1.38. The van der Waals surface area contributed by atoms with Gasteiger partial charge in [-0.2, -0.15) is 0 Å². The Morgan fingerprint density at radius 1 is 1.39 bits per heavy atom. The van der Waals surface area contributed by atoms with Gasteiger partial charge in [-0.25, -0.2) is 0 Å². The van der Waals surface area contributed by atoms with Gasteiger partial charge >= 0.3 is 0 Å². The normalized spacial score (nSPS) is 9.94. The lowest BCUT2D eigenvalue weighted by atomic mass is 10.3. The van der Waals surface area contributed by atoms with E-state index in [-0.39, 0.29) is 18.5 Å². The Kier molecular flexibility index (Phi) is 5.77. The number of carbonyl (C=O) groups is 1. The molecule has 1 aromatic rings. The highest BCUT2D eigenvalue weighted by Gasteiger charge is 2.02. The second-order valence-electron chi connectivity index (χ2n) is 4.20. The van der Waals surface area contributed by atoms with E-state index in [1.165, 1.54) is 0 Å². The van der Waals surface area contributed by atoms with Crippen LogP contribution < -0.4 is 15.4 Å². The van der Waals surface area contributed by atoms with Gasteiger partial charge in [-0.15, -0.1) is 0 Å². The van der Waals surface area contributed by atoms with Gasteiger partial charge in [0, 0.05) is 11.7 Å². The number of anilines is 1. The van der Waals surface area contributed by atoms with Crippen LogP contribution >= 0.6 is 0 Å². The average molecular weight is 248 g/mol. The van der Waals surface area contributed by atoms with Crippen LogP contribution in [0.5, 0.6) is 5.75 Å². The second-order valence-corrected chi connectivity index (χ2v) is 4.20. The van der Waals surface area contributed by atoms with E-state index in [9.17, 15) is 4.79 Å². The summed E-state index contributed by atoms with van der Waals surface area (Å²) in [6.07, 6.45) is 1.70. The van der Waals surface area contributed by atoms with Crippen molar-refractivity contribution in [3.63, 3.8) is 0 Å². The molecule has 18 heavy (non-hydrogen) atoms. The molecule has 0 radical (unpaired) electrons. The quantitative estimate of drug-likeness (QED) is 0.727. The zero-order valence-electron chi connectivity index (χ0n) is 10.9. The van der Waals surface area contributed by atoms with Crippen LogP contribution in [0, 0.1) is 0 Å². The van der Waals surface area contributed by atoms with Gasteiger partial charge in [0.15, 0.2) is 0 Å². The van der Waals surface area contributed by atoms with Crippen molar-refractivity contribution in [3.05, 3.63) is 36.9 Å². The molecule has 1 aromatic carbocycles. The lowest BCUT2D eigenvalue weighted by Crippen LogP contribution is -2.34. The topological polar surface area (TPSA) is 50.4 Å². The van der Waals surface area contributed by atoms with E-state index in [0.29, 0.717) is 6.61 Å². The number of hydrogen-bond acceptors (Lipinski definition) is 3. The van der Waals surface area contributed by atoms with Crippen LogP contribution in [-0.2, 0) is 4.79 Å². The van der Waals surface area contributed by atoms with Gasteiger partial charge in [-0.3, -0.25) is 4.79 Å². The summed E-state index contributed by atoms with van der Waals surface area (Å²) in [5.74, 6) is 0.768. The Morgan fingerprint density at radius 3 is 2.61 bits per heavy atom. The van der Waals surface area contributed by atoms with Gasteiger partial charge in [0.05, 0.1) is 6.54 Å². The highest BCUT2D eigenvalue weighted by atomic mass is 16.5. The number of ether oxygens (including phenoxy) is 1. The lowest BCUT2D eigenvalue weighted by Gasteiger charge is -2.10. The van der Waals surface area contributed by atoms with E-state index in [0.717, 1.165) is 11.4 Å². The van der Waals surface area contributed by atoms with Crippen LogP contribution in [0.25, 0.3) is 0 Å². The summed E-state index contributed by atoms with van der Waals surface area (Å²) in [6, 6.07) is 7.62. The average Bonchev–Trinajstić information content (AvgIpc) is 2.34. The number of nitrogens with one attached hydrogen (secondary N) is 2. The molecule has 0 bridgehead atoms. The molecule has 98 valence electrons. The highest BCUT2D eigenvalue weighted by Crippen LogP contribution is 2.15. The molecule has 0 aliphatic rings. The Balaban J connectivity index is 2.39. The van der Waals surface area contributed by atoms with Crippen molar-refractivity contribution in [3.8, 4) is 5.75 Å². The van der Waals surface area contributed by atoms with Gasteiger partial charge in [-0.05, 0) is 38.1 Å². The van der Waals surface area contributed by atoms with Gasteiger partial charge in [-0.1, -0.05) is 12.7 Å². The summed E-state index contributed by atoms with van der Waals surface area (Å²) >= 11 is 0. The fraction of sp³-hybridized carbons (Fsp3) is 0.357. The Hall–Kier alpha value is -1.97. The Labute approximate surface area is 108 Å². The molecule has 0 atom stereocenters. The van der Waals surface area contributed by atoms with Crippen LogP contribution in [0.3, 0.4) is 0 Å². The SMILES string of the molecule is C=CCOc1ccc(NCC(=O)NC(C)C)cc1. The largest absolute Gasteiger partial charge is 0.490 e. The minimum atomic E-state index is -0.0167. The first-order valence-electron chi connectivity index (χ1n) is 5.99. The molecule has 0 aliphatic heterocycles. The third kappa shape index (κ3) is 5.39. The lowest BCUT2D eigenvalue weighted by molar-refractivity contribution is -0.119. The third-order valence-corrected chi connectivity index (χ3v) is 2.12. The first kappa shape index (κ1) is 14.1. The van der Waals surface area contributed by atoms with Crippen molar-refractivity contribution in [2.75, 3.05) is 18.5 Å². The molecule has 0 spiro atoms. The Bertz CT molecular complexity index is 385. The summed E-state index contributed by atoms with van der Waals surface area (Å²) in [5.41, 5.74) is 0.889. The predicted octanol–water partition coefficient (Wildman–Crippen LogP) is 2.19. The van der Waals surface area contributed by atoms with Gasteiger partial charge in [0.1, 0.15) is 12.4 Å². The first-order chi connectivity index (χ1) is 8.61. The van der Waals surface area contributed by atoms with Crippen LogP contribution in [0.1, 0.15) is 13.8 Å². The van der Waals surface area contributed by atoms with Crippen molar-refractivity contribution >= 4 is 11.6 Å². The minimum absolute atomic E-state index is 0.0167. The van der Waals surface area contributed by atoms with Crippen molar-refractivity contribution in [1.82, 2.24) is 5.32 Å². The van der Waals surface area contributed by atoms with Crippen LogP contribution in [-0.4, -0.2) is 25.1 Å². The van der Waals surface area contributed by atoms with Crippen molar-refractivity contribution in [1.29, 1.82) is 0 Å². The molecule has 0 heterocycles. The standard InChI is InChI=1S/C14H20N2O2/c1-4-9-18-13-7-5-12(6-8-13)15-10-14(17)16-11(2)3/h4-8,11,15H,1,9-10H2,2-3H3,(H,16,17). The molecule has 0 aliphatic carbocycles. The monoisotopic (exact) mass is 248 g/mol. The van der Waals surface area contributed by atoms with E-state index in [1.54, 1.807) is 6.08 Å². The molecule has 4 heteroatoms. The summed E-state index contributed by atoms with van der Waals surface area (Å²) in [7, 11) is 0. The second kappa shape index (κ2) is 7.37. The summed E-state index contributed by atoms with van der Waals surface area (Å²) < 4.78 is 5.36. The van der Waals surface area contributed by atoms with E-state index >= 15 is 0 Å². The summed E-state index contributed by atoms with van der Waals surface area (Å²) in [4.78, 5) is 11.4. The van der Waals surface area contributed by atoms with E-state index < -0.39 is 0 Å². The van der Waals surface area contributed by atoms with E-state index in [2.05, 4.69) is 17.2 Å². The maximum Gasteiger partial charge on any atom is 0.239 e. The number of benzene rings is 1. The third-order valence-electron chi connectivity index (χ3n) is 2.12. The zero-order valence-corrected chi connectivity index (χ0v) is 10.9. The smallest absolute Gasteiger partial charge is 0.239 e. The molecule has 0 aromatic heterocycles. The van der Waals surface area contributed by atoms with Gasteiger partial charge in [0.25, 0.3) is 0 Å². The molecule has 0 saturated carbocycles. The summed E-state index contributed by atoms with van der Waals surface area (Å²) in [6.45, 7) is 8.21. The minimum Gasteiger partial charge on any atom is -0.490 e. The molecule has 0 saturated heterocycles. The number of amides is 1. The first-order valence-corrected chi connectivity index (χ1v) is 5.99. The van der Waals surface area contributed by atoms with Crippen LogP contribution in [0.2, 0.25) is 0 Å². The maximum absolute atomic E-state index is 11.4. The molecule has 4 nitrogen and oxygen atoms in total. The van der Waals surface area contributed by atoms with Gasteiger partial charge < -0.3 is 15.4 Å². The number of rotatable bonds is 7. The molecule has 0 fully saturated rings. The van der Waals surface area contributed by atoms with Crippen molar-refractivity contribution < 1.29 is 9.53 Å². The van der Waals surface area contributed by atoms with E-state index in [1.807, 2.05) is 38.1 Å². The number of carbonyl (C=O) groups excluding carboxylic acids is 1. The number of hydrogen-bond donors (Lipinski definition) is 2. The molecular formula is C14H20N2O2. The molecule has 1 amide bonds. The Morgan fingerprint density at radius 2 is 2.06 bits per heavy atom. The molecular weight excluding hydrogens is 228 g/mol. The fourth-order valence-corrected chi connectivity index (χ4v) is 1.38. The molecule has 2 N–H and O–H groups in total. The molecule has 0 unspecified atom stereocenters. The van der Waals surface area contributed by atoms with Gasteiger partial charge in [0.2, 0.25) is 5.91 Å².